The molecule has 1 aromatic rings. The molecule has 0 atom stereocenters. The molecule has 0 spiro atoms. The third-order valence-electron chi connectivity index (χ3n) is 4.71. The van der Waals surface area contributed by atoms with E-state index in [1.165, 1.54) is 25.7 Å². The Labute approximate surface area is 125 Å². The van der Waals surface area contributed by atoms with Crippen LogP contribution in [0.15, 0.2) is 0 Å². The van der Waals surface area contributed by atoms with Gasteiger partial charge in [0.25, 0.3) is 0 Å². The summed E-state index contributed by atoms with van der Waals surface area (Å²) in [6.45, 7) is 5.84. The van der Waals surface area contributed by atoms with E-state index in [-0.39, 0.29) is 5.91 Å². The van der Waals surface area contributed by atoms with Crippen LogP contribution < -0.4 is 4.90 Å². The first-order chi connectivity index (χ1) is 10.2. The number of aryl methyl sites for hydroxylation is 1. The largest absolute Gasteiger partial charge is 0.341 e. The molecule has 0 aromatic carbocycles. The third kappa shape index (κ3) is 3.33. The Morgan fingerprint density at radius 1 is 1.19 bits per heavy atom. The summed E-state index contributed by atoms with van der Waals surface area (Å²) in [5.74, 6) is 1.88. The van der Waals surface area contributed by atoms with Crippen LogP contribution in [0.25, 0.3) is 0 Å². The Morgan fingerprint density at radius 3 is 2.76 bits per heavy atom. The van der Waals surface area contributed by atoms with Gasteiger partial charge in [0, 0.05) is 39.6 Å². The van der Waals surface area contributed by atoms with Crippen molar-refractivity contribution in [3.63, 3.8) is 0 Å². The smallest absolute Gasteiger partial charge is 0.245 e. The maximum Gasteiger partial charge on any atom is 0.245 e. The fourth-order valence-electron chi connectivity index (χ4n) is 3.09. The molecule has 0 radical (unpaired) electrons. The van der Waals surface area contributed by atoms with Crippen LogP contribution in [-0.4, -0.2) is 57.2 Å². The summed E-state index contributed by atoms with van der Waals surface area (Å²) in [6.07, 6.45) is 6.23. The quantitative estimate of drug-likeness (QED) is 0.825. The Balaban J connectivity index is 1.60. The van der Waals surface area contributed by atoms with E-state index in [9.17, 15) is 4.79 Å². The minimum atomic E-state index is 0.154. The molecule has 2 aliphatic rings. The summed E-state index contributed by atoms with van der Waals surface area (Å²) in [5.41, 5.74) is 0. The molecule has 2 fully saturated rings. The molecule has 1 aromatic heterocycles. The predicted octanol–water partition coefficient (Wildman–Crippen LogP) is 0.922. The Morgan fingerprint density at radius 2 is 2.05 bits per heavy atom. The van der Waals surface area contributed by atoms with Gasteiger partial charge in [-0.2, -0.15) is 0 Å². The highest BCUT2D eigenvalue weighted by molar-refractivity contribution is 5.73. The lowest BCUT2D eigenvalue weighted by Crippen LogP contribution is -2.34. The first-order valence-corrected chi connectivity index (χ1v) is 8.00. The van der Waals surface area contributed by atoms with Crippen LogP contribution in [0.2, 0.25) is 0 Å². The van der Waals surface area contributed by atoms with Crippen LogP contribution >= 0.6 is 0 Å². The number of rotatable bonds is 4. The van der Waals surface area contributed by atoms with E-state index in [0.29, 0.717) is 0 Å². The number of anilines is 1. The predicted molar refractivity (Wildman–Crippen MR) is 78.9 cm³/mol. The van der Waals surface area contributed by atoms with E-state index in [1.54, 1.807) is 6.92 Å². The zero-order valence-electron chi connectivity index (χ0n) is 12.7. The van der Waals surface area contributed by atoms with Crippen molar-refractivity contribution in [2.45, 2.75) is 45.6 Å². The summed E-state index contributed by atoms with van der Waals surface area (Å²) in [5, 5.41) is 12.2. The Hall–Kier alpha value is -1.66. The monoisotopic (exact) mass is 292 g/mol. The zero-order valence-corrected chi connectivity index (χ0v) is 12.7. The number of nitrogens with zero attached hydrogens (tertiary/aromatic N) is 6. The Kier molecular flexibility index (Phi) is 4.36. The van der Waals surface area contributed by atoms with Gasteiger partial charge in [-0.25, -0.2) is 4.68 Å². The highest BCUT2D eigenvalue weighted by atomic mass is 16.2. The second kappa shape index (κ2) is 6.41. The lowest BCUT2D eigenvalue weighted by molar-refractivity contribution is -0.128. The van der Waals surface area contributed by atoms with Crippen molar-refractivity contribution >= 4 is 11.9 Å². The molecule has 2 heterocycles. The maximum atomic E-state index is 11.5. The molecule has 1 amide bonds. The standard InChI is InChI=1S/C14H24N6O/c1-12(21)18-7-3-8-19(11-10-18)14-15-16-17-20(14)9-6-13-4-2-5-13/h13H,2-11H2,1H3. The molecule has 116 valence electrons. The highest BCUT2D eigenvalue weighted by Gasteiger charge is 2.22. The third-order valence-corrected chi connectivity index (χ3v) is 4.71. The van der Waals surface area contributed by atoms with Gasteiger partial charge >= 0.3 is 0 Å². The normalized spacial score (nSPS) is 20.2. The summed E-state index contributed by atoms with van der Waals surface area (Å²) >= 11 is 0. The number of carbonyl (C=O) groups is 1. The highest BCUT2D eigenvalue weighted by Crippen LogP contribution is 2.30. The number of hydrogen-bond donors (Lipinski definition) is 0. The minimum absolute atomic E-state index is 0.154. The van der Waals surface area contributed by atoms with E-state index < -0.39 is 0 Å². The number of aromatic nitrogens is 4. The molecule has 7 nitrogen and oxygen atoms in total. The van der Waals surface area contributed by atoms with Gasteiger partial charge in [0.05, 0.1) is 0 Å². The lowest BCUT2D eigenvalue weighted by Gasteiger charge is -2.26. The number of hydrogen-bond acceptors (Lipinski definition) is 5. The van der Waals surface area contributed by atoms with E-state index in [2.05, 4.69) is 20.4 Å². The van der Waals surface area contributed by atoms with Crippen molar-refractivity contribution in [1.29, 1.82) is 0 Å². The average molecular weight is 292 g/mol. The first kappa shape index (κ1) is 14.3. The molecule has 0 unspecified atom stereocenters. The van der Waals surface area contributed by atoms with Crippen molar-refractivity contribution in [3.8, 4) is 0 Å². The SMILES string of the molecule is CC(=O)N1CCCN(c2nnnn2CCC2CCC2)CC1. The maximum absolute atomic E-state index is 11.5. The van der Waals surface area contributed by atoms with E-state index in [0.717, 1.165) is 51.0 Å². The minimum Gasteiger partial charge on any atom is -0.341 e. The summed E-state index contributed by atoms with van der Waals surface area (Å²) < 4.78 is 1.93. The van der Waals surface area contributed by atoms with Crippen LogP contribution in [-0.2, 0) is 11.3 Å². The fourth-order valence-corrected chi connectivity index (χ4v) is 3.09. The molecule has 0 N–H and O–H groups in total. The van der Waals surface area contributed by atoms with E-state index in [1.807, 2.05) is 9.58 Å². The summed E-state index contributed by atoms with van der Waals surface area (Å²) in [7, 11) is 0. The van der Waals surface area contributed by atoms with Gasteiger partial charge in [0.1, 0.15) is 0 Å². The molecule has 7 heteroatoms. The molecule has 21 heavy (non-hydrogen) atoms. The second-order valence-electron chi connectivity index (χ2n) is 6.13. The van der Waals surface area contributed by atoms with Gasteiger partial charge in [-0.05, 0) is 29.2 Å². The number of carbonyl (C=O) groups excluding carboxylic acids is 1. The number of tetrazole rings is 1. The van der Waals surface area contributed by atoms with Crippen molar-refractivity contribution < 1.29 is 4.79 Å². The molecule has 1 saturated carbocycles. The van der Waals surface area contributed by atoms with Crippen LogP contribution in [0.4, 0.5) is 5.95 Å². The summed E-state index contributed by atoms with van der Waals surface area (Å²) in [4.78, 5) is 15.6. The lowest BCUT2D eigenvalue weighted by atomic mass is 9.83. The molecule has 1 saturated heterocycles. The van der Waals surface area contributed by atoms with Crippen molar-refractivity contribution in [1.82, 2.24) is 25.1 Å². The van der Waals surface area contributed by atoms with Crippen molar-refractivity contribution in [2.24, 2.45) is 5.92 Å². The average Bonchev–Trinajstić information content (AvgIpc) is 2.72. The molecule has 1 aliphatic heterocycles. The Bertz CT molecular complexity index is 484. The van der Waals surface area contributed by atoms with E-state index >= 15 is 0 Å². The molecule has 0 bridgehead atoms. The van der Waals surface area contributed by atoms with Crippen LogP contribution in [0.1, 0.15) is 39.0 Å². The van der Waals surface area contributed by atoms with Gasteiger partial charge in [0.15, 0.2) is 0 Å². The van der Waals surface area contributed by atoms with Crippen molar-refractivity contribution in [3.05, 3.63) is 0 Å². The molecule has 3 rings (SSSR count). The van der Waals surface area contributed by atoms with E-state index in [4.69, 9.17) is 0 Å². The number of amides is 1. The van der Waals surface area contributed by atoms with Crippen molar-refractivity contribution in [2.75, 3.05) is 31.1 Å². The van der Waals surface area contributed by atoms with Gasteiger partial charge in [-0.1, -0.05) is 24.4 Å². The zero-order chi connectivity index (χ0) is 14.7. The van der Waals surface area contributed by atoms with Crippen LogP contribution in [0, 0.1) is 5.92 Å². The van der Waals surface area contributed by atoms with Gasteiger partial charge in [-0.3, -0.25) is 4.79 Å². The molecule has 1 aliphatic carbocycles. The molecular formula is C14H24N6O. The fraction of sp³-hybridized carbons (Fsp3) is 0.857. The topological polar surface area (TPSA) is 67.2 Å². The molecular weight excluding hydrogens is 268 g/mol. The van der Waals surface area contributed by atoms with Gasteiger partial charge < -0.3 is 9.80 Å². The van der Waals surface area contributed by atoms with Crippen LogP contribution in [0.3, 0.4) is 0 Å². The van der Waals surface area contributed by atoms with Crippen LogP contribution in [0.5, 0.6) is 0 Å². The summed E-state index contributed by atoms with van der Waals surface area (Å²) in [6, 6.07) is 0. The second-order valence-corrected chi connectivity index (χ2v) is 6.13. The first-order valence-electron chi connectivity index (χ1n) is 8.00. The van der Waals surface area contributed by atoms with Gasteiger partial charge in [-0.15, -0.1) is 0 Å². The van der Waals surface area contributed by atoms with Gasteiger partial charge in [0.2, 0.25) is 11.9 Å².